The molecule has 0 aromatic rings. The lowest BCUT2D eigenvalue weighted by Crippen LogP contribution is -2.40. The molecule has 1 atom stereocenters. The first-order valence-corrected chi connectivity index (χ1v) is 6.93. The minimum absolute atomic E-state index is 0.0977. The molecule has 2 amide bonds. The van der Waals surface area contributed by atoms with Gasteiger partial charge in [0.1, 0.15) is 0 Å². The van der Waals surface area contributed by atoms with Crippen LogP contribution < -0.4 is 5.32 Å². The summed E-state index contributed by atoms with van der Waals surface area (Å²) in [7, 11) is 0. The van der Waals surface area contributed by atoms with Crippen LogP contribution in [0.25, 0.3) is 0 Å². The van der Waals surface area contributed by atoms with Crippen LogP contribution in [0.4, 0.5) is 4.79 Å². The zero-order chi connectivity index (χ0) is 14.3. The number of hydrogen-bond donors (Lipinski definition) is 2. The molecule has 2 N–H and O–H groups in total. The molecule has 19 heavy (non-hydrogen) atoms. The summed E-state index contributed by atoms with van der Waals surface area (Å²) in [6.07, 6.45) is 5.75. The molecular weight excluding hydrogens is 244 g/mol. The van der Waals surface area contributed by atoms with Crippen LogP contribution >= 0.6 is 0 Å². The molecule has 5 nitrogen and oxygen atoms in total. The molecule has 1 saturated heterocycles. The zero-order valence-electron chi connectivity index (χ0n) is 11.8. The van der Waals surface area contributed by atoms with Gasteiger partial charge in [0.2, 0.25) is 0 Å². The number of carboxylic acids is 1. The topological polar surface area (TPSA) is 69.6 Å². The summed E-state index contributed by atoms with van der Waals surface area (Å²) in [5, 5.41) is 11.2. The highest BCUT2D eigenvalue weighted by atomic mass is 16.4. The average Bonchev–Trinajstić information content (AvgIpc) is 2.59. The first kappa shape index (κ1) is 15.5. The van der Waals surface area contributed by atoms with Gasteiger partial charge < -0.3 is 15.3 Å². The van der Waals surface area contributed by atoms with Crippen LogP contribution in [0.2, 0.25) is 0 Å². The minimum Gasteiger partial charge on any atom is -0.478 e. The Balaban J connectivity index is 2.35. The molecule has 0 aromatic carbocycles. The largest absolute Gasteiger partial charge is 0.478 e. The number of carbonyl (C=O) groups excluding carboxylic acids is 1. The number of nitrogens with one attached hydrogen (secondary N) is 1. The van der Waals surface area contributed by atoms with Crippen LogP contribution in [0, 0.1) is 11.8 Å². The minimum atomic E-state index is -0.996. The van der Waals surface area contributed by atoms with Crippen molar-refractivity contribution in [2.24, 2.45) is 11.8 Å². The lowest BCUT2D eigenvalue weighted by atomic mass is 9.89. The standard InChI is InChI=1S/C14H24N2O3/c1-11(2)12-5-4-9-16(10-7-12)14(19)15-8-3-6-13(17)18/h3,6,11-12H,4-5,7-10H2,1-2H3,(H,15,19)(H,17,18)/b6-3+. The van der Waals surface area contributed by atoms with Gasteiger partial charge in [-0.25, -0.2) is 9.59 Å². The molecule has 0 aliphatic carbocycles. The Labute approximate surface area is 114 Å². The second kappa shape index (κ2) is 7.81. The Hall–Kier alpha value is -1.52. The van der Waals surface area contributed by atoms with Crippen molar-refractivity contribution in [3.8, 4) is 0 Å². The first-order chi connectivity index (χ1) is 9.00. The lowest BCUT2D eigenvalue weighted by molar-refractivity contribution is -0.131. The van der Waals surface area contributed by atoms with Crippen LogP contribution in [0.3, 0.4) is 0 Å². The number of likely N-dealkylation sites (tertiary alicyclic amines) is 1. The van der Waals surface area contributed by atoms with Crippen LogP contribution in [-0.4, -0.2) is 41.6 Å². The van der Waals surface area contributed by atoms with E-state index in [9.17, 15) is 9.59 Å². The molecular formula is C14H24N2O3. The highest BCUT2D eigenvalue weighted by Gasteiger charge is 2.21. The van der Waals surface area contributed by atoms with Crippen molar-refractivity contribution in [1.29, 1.82) is 0 Å². The predicted molar refractivity (Wildman–Crippen MR) is 73.9 cm³/mol. The molecule has 0 spiro atoms. The molecule has 0 bridgehead atoms. The van der Waals surface area contributed by atoms with Gasteiger partial charge in [-0.05, 0) is 31.1 Å². The number of urea groups is 1. The van der Waals surface area contributed by atoms with Crippen LogP contribution in [-0.2, 0) is 4.79 Å². The number of carbonyl (C=O) groups is 2. The van der Waals surface area contributed by atoms with E-state index in [0.29, 0.717) is 11.8 Å². The fraction of sp³-hybridized carbons (Fsp3) is 0.714. The van der Waals surface area contributed by atoms with Gasteiger partial charge in [-0.1, -0.05) is 19.9 Å². The highest BCUT2D eigenvalue weighted by Crippen LogP contribution is 2.24. The molecule has 0 radical (unpaired) electrons. The number of amides is 2. The van der Waals surface area contributed by atoms with Crippen molar-refractivity contribution >= 4 is 12.0 Å². The second-order valence-electron chi connectivity index (χ2n) is 5.35. The number of aliphatic carboxylic acids is 1. The van der Waals surface area contributed by atoms with Crippen LogP contribution in [0.1, 0.15) is 33.1 Å². The molecule has 1 aliphatic heterocycles. The molecule has 5 heteroatoms. The molecule has 0 aromatic heterocycles. The van der Waals surface area contributed by atoms with Gasteiger partial charge in [0.15, 0.2) is 0 Å². The van der Waals surface area contributed by atoms with Crippen molar-refractivity contribution in [2.75, 3.05) is 19.6 Å². The van der Waals surface area contributed by atoms with E-state index in [1.165, 1.54) is 12.5 Å². The molecule has 1 heterocycles. The quantitative estimate of drug-likeness (QED) is 0.767. The number of rotatable bonds is 4. The van der Waals surface area contributed by atoms with Gasteiger partial charge in [-0.2, -0.15) is 0 Å². The summed E-state index contributed by atoms with van der Waals surface area (Å²) >= 11 is 0. The first-order valence-electron chi connectivity index (χ1n) is 6.93. The predicted octanol–water partition coefficient (Wildman–Crippen LogP) is 2.09. The Morgan fingerprint density at radius 1 is 1.37 bits per heavy atom. The van der Waals surface area contributed by atoms with E-state index in [1.54, 1.807) is 0 Å². The third-order valence-electron chi connectivity index (χ3n) is 3.63. The molecule has 1 rings (SSSR count). The maximum absolute atomic E-state index is 11.9. The van der Waals surface area contributed by atoms with Gasteiger partial charge in [-0.3, -0.25) is 0 Å². The molecule has 1 aliphatic rings. The van der Waals surface area contributed by atoms with E-state index < -0.39 is 5.97 Å². The number of nitrogens with zero attached hydrogens (tertiary/aromatic N) is 1. The summed E-state index contributed by atoms with van der Waals surface area (Å²) in [4.78, 5) is 24.0. The Bertz CT molecular complexity index is 340. The maximum atomic E-state index is 11.9. The summed E-state index contributed by atoms with van der Waals surface area (Å²) in [6, 6.07) is -0.0977. The summed E-state index contributed by atoms with van der Waals surface area (Å²) in [5.74, 6) is 0.370. The molecule has 1 unspecified atom stereocenters. The fourth-order valence-electron chi connectivity index (χ4n) is 2.41. The summed E-state index contributed by atoms with van der Waals surface area (Å²) in [6.45, 7) is 6.30. The number of carboxylic acid groups (broad SMARTS) is 1. The van der Waals surface area contributed by atoms with Crippen molar-refractivity contribution in [2.45, 2.75) is 33.1 Å². The van der Waals surface area contributed by atoms with Crippen molar-refractivity contribution in [3.63, 3.8) is 0 Å². The zero-order valence-corrected chi connectivity index (χ0v) is 11.8. The van der Waals surface area contributed by atoms with E-state index in [0.717, 1.165) is 32.0 Å². The Morgan fingerprint density at radius 2 is 2.11 bits per heavy atom. The SMILES string of the molecule is CC(C)C1CCCN(C(=O)NC/C=C/C(=O)O)CC1. The Kier molecular flexibility index (Phi) is 6.39. The van der Waals surface area contributed by atoms with Gasteiger partial charge in [0, 0.05) is 25.7 Å². The third-order valence-corrected chi connectivity index (χ3v) is 3.63. The van der Waals surface area contributed by atoms with Crippen LogP contribution in [0.5, 0.6) is 0 Å². The van der Waals surface area contributed by atoms with Gasteiger partial charge in [0.05, 0.1) is 0 Å². The van der Waals surface area contributed by atoms with Crippen molar-refractivity contribution < 1.29 is 14.7 Å². The monoisotopic (exact) mass is 268 g/mol. The van der Waals surface area contributed by atoms with Gasteiger partial charge >= 0.3 is 12.0 Å². The molecule has 1 fully saturated rings. The van der Waals surface area contributed by atoms with E-state index >= 15 is 0 Å². The van der Waals surface area contributed by atoms with Gasteiger partial charge in [0.25, 0.3) is 0 Å². The summed E-state index contributed by atoms with van der Waals surface area (Å²) in [5.41, 5.74) is 0. The fourth-order valence-corrected chi connectivity index (χ4v) is 2.41. The average molecular weight is 268 g/mol. The van der Waals surface area contributed by atoms with Gasteiger partial charge in [-0.15, -0.1) is 0 Å². The Morgan fingerprint density at radius 3 is 2.74 bits per heavy atom. The normalized spacial score (nSPS) is 20.6. The number of hydrogen-bond acceptors (Lipinski definition) is 2. The smallest absolute Gasteiger partial charge is 0.328 e. The lowest BCUT2D eigenvalue weighted by Gasteiger charge is -2.21. The maximum Gasteiger partial charge on any atom is 0.328 e. The van der Waals surface area contributed by atoms with Crippen molar-refractivity contribution in [3.05, 3.63) is 12.2 Å². The second-order valence-corrected chi connectivity index (χ2v) is 5.35. The van der Waals surface area contributed by atoms with E-state index in [2.05, 4.69) is 19.2 Å². The molecule has 108 valence electrons. The third kappa shape index (κ3) is 5.77. The molecule has 0 saturated carbocycles. The van der Waals surface area contributed by atoms with E-state index in [4.69, 9.17) is 5.11 Å². The highest BCUT2D eigenvalue weighted by molar-refractivity contribution is 5.80. The summed E-state index contributed by atoms with van der Waals surface area (Å²) < 4.78 is 0. The van der Waals surface area contributed by atoms with Crippen LogP contribution in [0.15, 0.2) is 12.2 Å². The van der Waals surface area contributed by atoms with Crippen molar-refractivity contribution in [1.82, 2.24) is 10.2 Å². The van der Waals surface area contributed by atoms with E-state index in [-0.39, 0.29) is 12.6 Å². The van der Waals surface area contributed by atoms with E-state index in [1.807, 2.05) is 4.90 Å².